The zero-order valence-electron chi connectivity index (χ0n) is 10.9. The fraction of sp³-hybridized carbons (Fsp3) is 0.500. The summed E-state index contributed by atoms with van der Waals surface area (Å²) in [6, 6.07) is 6.05. The summed E-state index contributed by atoms with van der Waals surface area (Å²) in [6.07, 6.45) is 5.01. The number of aryl methyl sites for hydroxylation is 1. The van der Waals surface area contributed by atoms with Crippen LogP contribution in [-0.2, 0) is 0 Å². The van der Waals surface area contributed by atoms with Crippen LogP contribution in [0.15, 0.2) is 23.4 Å². The van der Waals surface area contributed by atoms with E-state index in [2.05, 4.69) is 23.0 Å². The molecule has 1 aromatic rings. The second kappa shape index (κ2) is 5.76. The first kappa shape index (κ1) is 12.7. The molecule has 1 aliphatic rings. The van der Waals surface area contributed by atoms with Crippen molar-refractivity contribution in [1.29, 1.82) is 0 Å². The minimum atomic E-state index is 0.189. The summed E-state index contributed by atoms with van der Waals surface area (Å²) in [7, 11) is 0. The molecular formula is C14H21N3O. The van der Waals surface area contributed by atoms with Crippen LogP contribution < -0.4 is 10.6 Å². The maximum absolute atomic E-state index is 8.88. The van der Waals surface area contributed by atoms with Gasteiger partial charge in [-0.2, -0.15) is 0 Å². The van der Waals surface area contributed by atoms with Crippen molar-refractivity contribution in [3.05, 3.63) is 29.3 Å². The largest absolute Gasteiger partial charge is 0.409 e. The van der Waals surface area contributed by atoms with Gasteiger partial charge in [-0.1, -0.05) is 24.1 Å². The van der Waals surface area contributed by atoms with Crippen LogP contribution >= 0.6 is 0 Å². The average Bonchev–Trinajstić information content (AvgIpc) is 2.66. The number of amidine groups is 1. The highest BCUT2D eigenvalue weighted by molar-refractivity contribution is 6.02. The third-order valence-corrected chi connectivity index (χ3v) is 3.48. The van der Waals surface area contributed by atoms with Gasteiger partial charge >= 0.3 is 0 Å². The van der Waals surface area contributed by atoms with Gasteiger partial charge < -0.3 is 15.8 Å². The Morgan fingerprint density at radius 2 is 1.89 bits per heavy atom. The molecule has 1 saturated heterocycles. The van der Waals surface area contributed by atoms with E-state index in [-0.39, 0.29) is 5.84 Å². The molecule has 4 nitrogen and oxygen atoms in total. The summed E-state index contributed by atoms with van der Waals surface area (Å²) in [4.78, 5) is 2.35. The predicted octanol–water partition coefficient (Wildman–Crippen LogP) is 2.47. The van der Waals surface area contributed by atoms with Crippen molar-refractivity contribution < 1.29 is 5.21 Å². The minimum absolute atomic E-state index is 0.189. The van der Waals surface area contributed by atoms with Crippen molar-refractivity contribution >= 4 is 11.5 Å². The van der Waals surface area contributed by atoms with Crippen molar-refractivity contribution in [1.82, 2.24) is 0 Å². The molecule has 98 valence electrons. The number of benzene rings is 1. The fourth-order valence-corrected chi connectivity index (χ4v) is 2.49. The molecule has 0 unspecified atom stereocenters. The lowest BCUT2D eigenvalue weighted by Gasteiger charge is -2.25. The van der Waals surface area contributed by atoms with Crippen LogP contribution in [0.1, 0.15) is 36.8 Å². The zero-order valence-corrected chi connectivity index (χ0v) is 10.9. The molecular weight excluding hydrogens is 226 g/mol. The van der Waals surface area contributed by atoms with Gasteiger partial charge in [0, 0.05) is 24.3 Å². The molecule has 0 spiro atoms. The van der Waals surface area contributed by atoms with Crippen molar-refractivity contribution in [2.24, 2.45) is 10.9 Å². The molecule has 0 atom stereocenters. The quantitative estimate of drug-likeness (QED) is 0.365. The molecule has 1 aliphatic heterocycles. The highest BCUT2D eigenvalue weighted by atomic mass is 16.4. The number of hydrogen-bond donors (Lipinski definition) is 2. The molecule has 0 amide bonds. The van der Waals surface area contributed by atoms with Crippen LogP contribution in [0.5, 0.6) is 0 Å². The van der Waals surface area contributed by atoms with Gasteiger partial charge in [0.25, 0.3) is 0 Å². The van der Waals surface area contributed by atoms with E-state index in [0.717, 1.165) is 24.3 Å². The number of hydrogen-bond acceptors (Lipinski definition) is 3. The topological polar surface area (TPSA) is 61.9 Å². The van der Waals surface area contributed by atoms with E-state index in [1.165, 1.54) is 31.2 Å². The average molecular weight is 247 g/mol. The van der Waals surface area contributed by atoms with Gasteiger partial charge in [0.1, 0.15) is 0 Å². The van der Waals surface area contributed by atoms with Crippen molar-refractivity contribution in [2.75, 3.05) is 18.0 Å². The molecule has 1 fully saturated rings. The lowest BCUT2D eigenvalue weighted by molar-refractivity contribution is 0.318. The monoisotopic (exact) mass is 247 g/mol. The number of rotatable bonds is 2. The van der Waals surface area contributed by atoms with Crippen LogP contribution in [0.25, 0.3) is 0 Å². The van der Waals surface area contributed by atoms with Gasteiger partial charge in [-0.25, -0.2) is 0 Å². The molecule has 0 bridgehead atoms. The van der Waals surface area contributed by atoms with E-state index in [1.807, 2.05) is 12.1 Å². The molecule has 18 heavy (non-hydrogen) atoms. The molecule has 0 aromatic heterocycles. The SMILES string of the molecule is Cc1ccc(C(N)=NO)c(N2CCCCCC2)c1. The first-order valence-corrected chi connectivity index (χ1v) is 6.56. The highest BCUT2D eigenvalue weighted by Gasteiger charge is 2.15. The van der Waals surface area contributed by atoms with Gasteiger partial charge in [-0.3, -0.25) is 0 Å². The third-order valence-electron chi connectivity index (χ3n) is 3.48. The molecule has 4 heteroatoms. The lowest BCUT2D eigenvalue weighted by Crippen LogP contribution is -2.27. The van der Waals surface area contributed by atoms with E-state index in [4.69, 9.17) is 10.9 Å². The van der Waals surface area contributed by atoms with Gasteiger partial charge in [0.2, 0.25) is 0 Å². The van der Waals surface area contributed by atoms with Gasteiger partial charge in [0.15, 0.2) is 5.84 Å². The van der Waals surface area contributed by atoms with E-state index in [1.54, 1.807) is 0 Å². The second-order valence-corrected chi connectivity index (χ2v) is 4.91. The highest BCUT2D eigenvalue weighted by Crippen LogP contribution is 2.25. The van der Waals surface area contributed by atoms with Crippen LogP contribution in [0.2, 0.25) is 0 Å². The summed E-state index contributed by atoms with van der Waals surface area (Å²) in [5, 5.41) is 12.0. The molecule has 1 aromatic carbocycles. The van der Waals surface area contributed by atoms with E-state index in [9.17, 15) is 0 Å². The first-order valence-electron chi connectivity index (χ1n) is 6.56. The Labute approximate surface area is 108 Å². The smallest absolute Gasteiger partial charge is 0.172 e. The Balaban J connectivity index is 2.37. The number of anilines is 1. The number of nitrogens with two attached hydrogens (primary N) is 1. The normalized spacial score (nSPS) is 17.6. The van der Waals surface area contributed by atoms with Crippen LogP contribution in [0.4, 0.5) is 5.69 Å². The zero-order chi connectivity index (χ0) is 13.0. The molecule has 0 aliphatic carbocycles. The number of nitrogens with zero attached hydrogens (tertiary/aromatic N) is 2. The third kappa shape index (κ3) is 2.75. The minimum Gasteiger partial charge on any atom is -0.409 e. The Bertz CT molecular complexity index is 435. The van der Waals surface area contributed by atoms with Crippen LogP contribution in [0.3, 0.4) is 0 Å². The summed E-state index contributed by atoms with van der Waals surface area (Å²) >= 11 is 0. The van der Waals surface area contributed by atoms with Crippen molar-refractivity contribution in [3.8, 4) is 0 Å². The fourth-order valence-electron chi connectivity index (χ4n) is 2.49. The standard InChI is InChI=1S/C14H21N3O/c1-11-6-7-12(14(15)16-18)13(10-11)17-8-4-2-3-5-9-17/h6-7,10,18H,2-5,8-9H2,1H3,(H2,15,16). The molecule has 3 N–H and O–H groups in total. The molecule has 1 heterocycles. The summed E-state index contributed by atoms with van der Waals surface area (Å²) < 4.78 is 0. The Morgan fingerprint density at radius 1 is 1.22 bits per heavy atom. The van der Waals surface area contributed by atoms with E-state index >= 15 is 0 Å². The Morgan fingerprint density at radius 3 is 2.50 bits per heavy atom. The summed E-state index contributed by atoms with van der Waals surface area (Å²) in [5.41, 5.74) is 8.88. The number of oxime groups is 1. The van der Waals surface area contributed by atoms with E-state index in [0.29, 0.717) is 0 Å². The molecule has 0 radical (unpaired) electrons. The Hall–Kier alpha value is -1.71. The van der Waals surface area contributed by atoms with Crippen LogP contribution in [0, 0.1) is 6.92 Å². The summed E-state index contributed by atoms with van der Waals surface area (Å²) in [6.45, 7) is 4.17. The lowest BCUT2D eigenvalue weighted by atomic mass is 10.1. The van der Waals surface area contributed by atoms with Gasteiger partial charge in [-0.15, -0.1) is 0 Å². The maximum atomic E-state index is 8.88. The molecule has 2 rings (SSSR count). The predicted molar refractivity (Wildman–Crippen MR) is 74.4 cm³/mol. The van der Waals surface area contributed by atoms with Crippen molar-refractivity contribution in [2.45, 2.75) is 32.6 Å². The van der Waals surface area contributed by atoms with E-state index < -0.39 is 0 Å². The Kier molecular flexibility index (Phi) is 4.07. The molecule has 0 saturated carbocycles. The van der Waals surface area contributed by atoms with Crippen molar-refractivity contribution in [3.63, 3.8) is 0 Å². The van der Waals surface area contributed by atoms with Gasteiger partial charge in [0.05, 0.1) is 0 Å². The summed E-state index contributed by atoms with van der Waals surface area (Å²) in [5.74, 6) is 0.189. The van der Waals surface area contributed by atoms with Gasteiger partial charge in [-0.05, 0) is 37.5 Å². The maximum Gasteiger partial charge on any atom is 0.172 e. The second-order valence-electron chi connectivity index (χ2n) is 4.91. The van der Waals surface area contributed by atoms with Crippen LogP contribution in [-0.4, -0.2) is 24.1 Å². The first-order chi connectivity index (χ1) is 8.72.